The molecule has 0 spiro atoms. The van der Waals surface area contributed by atoms with Crippen molar-refractivity contribution in [1.82, 2.24) is 4.57 Å². The molecule has 2 aromatic carbocycles. The third kappa shape index (κ3) is 3.43. The number of halogens is 4. The number of rotatable bonds is 3. The summed E-state index contributed by atoms with van der Waals surface area (Å²) < 4.78 is 40.1. The zero-order valence-electron chi connectivity index (χ0n) is 13.0. The van der Waals surface area contributed by atoms with Gasteiger partial charge in [-0.1, -0.05) is 23.7 Å². The first kappa shape index (κ1) is 18.0. The van der Waals surface area contributed by atoms with E-state index in [9.17, 15) is 27.9 Å². The topological polar surface area (TPSA) is 59.3 Å². The second kappa shape index (κ2) is 6.49. The Labute approximate surface area is 150 Å². The van der Waals surface area contributed by atoms with Crippen molar-refractivity contribution < 1.29 is 23.1 Å². The van der Waals surface area contributed by atoms with Gasteiger partial charge in [-0.05, 0) is 35.9 Å². The second-order valence-corrected chi connectivity index (χ2v) is 6.10. The van der Waals surface area contributed by atoms with E-state index >= 15 is 0 Å². The van der Waals surface area contributed by atoms with E-state index in [1.54, 1.807) is 0 Å². The molecule has 0 saturated carbocycles. The Hall–Kier alpha value is -2.80. The largest absolute Gasteiger partial charge is 0.477 e. The Kier molecular flexibility index (Phi) is 4.50. The number of fused-ring (bicyclic) bond motifs is 1. The first-order valence-electron chi connectivity index (χ1n) is 7.39. The molecule has 0 saturated heterocycles. The van der Waals surface area contributed by atoms with Gasteiger partial charge in [0.05, 0.1) is 11.1 Å². The maximum Gasteiger partial charge on any atom is 0.416 e. The number of pyridine rings is 1. The predicted octanol–water partition coefficient (Wildman–Crippen LogP) is 4.42. The van der Waals surface area contributed by atoms with E-state index in [1.807, 2.05) is 0 Å². The van der Waals surface area contributed by atoms with Crippen LogP contribution in [0, 0.1) is 0 Å². The molecular weight excluding hydrogens is 371 g/mol. The first-order valence-corrected chi connectivity index (χ1v) is 7.77. The molecule has 0 unspecified atom stereocenters. The molecule has 0 aliphatic carbocycles. The highest BCUT2D eigenvalue weighted by Crippen LogP contribution is 2.30. The van der Waals surface area contributed by atoms with E-state index in [1.165, 1.54) is 34.9 Å². The summed E-state index contributed by atoms with van der Waals surface area (Å²) in [5.41, 5.74) is -1.31. The number of hydrogen-bond acceptors (Lipinski definition) is 2. The van der Waals surface area contributed by atoms with E-state index in [2.05, 4.69) is 0 Å². The van der Waals surface area contributed by atoms with Gasteiger partial charge in [0.25, 0.3) is 0 Å². The van der Waals surface area contributed by atoms with Crippen molar-refractivity contribution in [3.05, 3.63) is 80.6 Å². The fourth-order valence-corrected chi connectivity index (χ4v) is 2.86. The van der Waals surface area contributed by atoms with E-state index in [4.69, 9.17) is 11.6 Å². The van der Waals surface area contributed by atoms with Gasteiger partial charge in [0.15, 0.2) is 0 Å². The number of aromatic carboxylic acids is 1. The third-order valence-corrected chi connectivity index (χ3v) is 4.12. The van der Waals surface area contributed by atoms with Crippen molar-refractivity contribution >= 4 is 28.5 Å². The summed E-state index contributed by atoms with van der Waals surface area (Å²) in [5.74, 6) is -1.41. The normalized spacial score (nSPS) is 11.7. The van der Waals surface area contributed by atoms with Crippen molar-refractivity contribution in [1.29, 1.82) is 0 Å². The molecule has 0 aliphatic heterocycles. The molecule has 1 aromatic heterocycles. The molecule has 134 valence electrons. The third-order valence-electron chi connectivity index (χ3n) is 3.88. The fraction of sp³-hybridized carbons (Fsp3) is 0.111. The molecule has 0 aliphatic rings. The van der Waals surface area contributed by atoms with Crippen LogP contribution in [0.2, 0.25) is 5.02 Å². The maximum atomic E-state index is 12.9. The van der Waals surface area contributed by atoms with Gasteiger partial charge in [0, 0.05) is 23.2 Å². The number of benzene rings is 2. The van der Waals surface area contributed by atoms with Crippen LogP contribution < -0.4 is 5.43 Å². The molecule has 0 amide bonds. The molecule has 0 fully saturated rings. The van der Waals surface area contributed by atoms with Crippen molar-refractivity contribution in [3.63, 3.8) is 0 Å². The summed E-state index contributed by atoms with van der Waals surface area (Å²) >= 11 is 5.95. The summed E-state index contributed by atoms with van der Waals surface area (Å²) in [4.78, 5) is 23.6. The number of carboxylic acid groups (broad SMARTS) is 1. The quantitative estimate of drug-likeness (QED) is 0.730. The van der Waals surface area contributed by atoms with E-state index in [0.717, 1.165) is 18.3 Å². The van der Waals surface area contributed by atoms with Crippen LogP contribution in [0.4, 0.5) is 13.2 Å². The lowest BCUT2D eigenvalue weighted by molar-refractivity contribution is -0.137. The van der Waals surface area contributed by atoms with Crippen molar-refractivity contribution in [2.75, 3.05) is 0 Å². The Balaban J connectivity index is 2.19. The lowest BCUT2D eigenvalue weighted by atomic mass is 10.1. The molecule has 3 aromatic rings. The SMILES string of the molecule is O=C(O)c1cn(Cc2cccc(C(F)(F)F)c2)c2cc(Cl)ccc2c1=O. The number of nitrogens with zero attached hydrogens (tertiary/aromatic N) is 1. The van der Waals surface area contributed by atoms with Gasteiger partial charge in [-0.3, -0.25) is 4.79 Å². The monoisotopic (exact) mass is 381 g/mol. The van der Waals surface area contributed by atoms with E-state index in [-0.39, 0.29) is 11.9 Å². The standard InChI is InChI=1S/C18H11ClF3NO3/c19-12-4-5-13-15(7-12)23(9-14(16(13)24)17(25)26)8-10-2-1-3-11(6-10)18(20,21)22/h1-7,9H,8H2,(H,25,26). The van der Waals surface area contributed by atoms with Gasteiger partial charge in [0.2, 0.25) is 5.43 Å². The molecular formula is C18H11ClF3NO3. The Morgan fingerprint density at radius 1 is 1.15 bits per heavy atom. The van der Waals surface area contributed by atoms with Crippen LogP contribution in [0.5, 0.6) is 0 Å². The number of carboxylic acids is 1. The Morgan fingerprint density at radius 3 is 2.54 bits per heavy atom. The minimum Gasteiger partial charge on any atom is -0.477 e. The highest BCUT2D eigenvalue weighted by atomic mass is 35.5. The molecule has 1 N–H and O–H groups in total. The zero-order valence-corrected chi connectivity index (χ0v) is 13.8. The Bertz CT molecular complexity index is 1070. The van der Waals surface area contributed by atoms with Gasteiger partial charge in [-0.25, -0.2) is 4.79 Å². The minimum absolute atomic E-state index is 0.0542. The predicted molar refractivity (Wildman–Crippen MR) is 90.7 cm³/mol. The molecule has 0 bridgehead atoms. The van der Waals surface area contributed by atoms with E-state index < -0.39 is 28.7 Å². The molecule has 0 atom stereocenters. The number of alkyl halides is 3. The van der Waals surface area contributed by atoms with Gasteiger partial charge >= 0.3 is 12.1 Å². The fourth-order valence-electron chi connectivity index (χ4n) is 2.69. The van der Waals surface area contributed by atoms with Crippen molar-refractivity contribution in [3.8, 4) is 0 Å². The summed E-state index contributed by atoms with van der Waals surface area (Å²) in [7, 11) is 0. The molecule has 3 rings (SSSR count). The van der Waals surface area contributed by atoms with Gasteiger partial charge in [-0.15, -0.1) is 0 Å². The second-order valence-electron chi connectivity index (χ2n) is 5.66. The van der Waals surface area contributed by atoms with Crippen LogP contribution in [0.1, 0.15) is 21.5 Å². The van der Waals surface area contributed by atoms with Crippen molar-refractivity contribution in [2.45, 2.75) is 12.7 Å². The van der Waals surface area contributed by atoms with Gasteiger partial charge in [-0.2, -0.15) is 13.2 Å². The molecule has 1 heterocycles. The van der Waals surface area contributed by atoms with Crippen LogP contribution in [0.3, 0.4) is 0 Å². The number of aromatic nitrogens is 1. The first-order chi connectivity index (χ1) is 12.2. The smallest absolute Gasteiger partial charge is 0.416 e. The molecule has 4 nitrogen and oxygen atoms in total. The van der Waals surface area contributed by atoms with Crippen LogP contribution in [-0.2, 0) is 12.7 Å². The maximum absolute atomic E-state index is 12.9. The average Bonchev–Trinajstić information content (AvgIpc) is 2.56. The lowest BCUT2D eigenvalue weighted by Gasteiger charge is -2.14. The highest BCUT2D eigenvalue weighted by molar-refractivity contribution is 6.31. The van der Waals surface area contributed by atoms with Gasteiger partial charge < -0.3 is 9.67 Å². The molecule has 26 heavy (non-hydrogen) atoms. The van der Waals surface area contributed by atoms with Crippen LogP contribution >= 0.6 is 11.6 Å². The van der Waals surface area contributed by atoms with Crippen molar-refractivity contribution in [2.24, 2.45) is 0 Å². The molecule has 8 heteroatoms. The number of carbonyl (C=O) groups is 1. The summed E-state index contributed by atoms with van der Waals surface area (Å²) in [5, 5.41) is 9.68. The summed E-state index contributed by atoms with van der Waals surface area (Å²) in [6, 6.07) is 9.01. The summed E-state index contributed by atoms with van der Waals surface area (Å²) in [6.45, 7) is -0.0542. The minimum atomic E-state index is -4.49. The van der Waals surface area contributed by atoms with Crippen LogP contribution in [0.15, 0.2) is 53.5 Å². The molecule has 0 radical (unpaired) electrons. The average molecular weight is 382 g/mol. The summed E-state index contributed by atoms with van der Waals surface area (Å²) in [6.07, 6.45) is -3.37. The van der Waals surface area contributed by atoms with E-state index in [0.29, 0.717) is 16.1 Å². The zero-order chi connectivity index (χ0) is 19.1. The van der Waals surface area contributed by atoms with Gasteiger partial charge in [0.1, 0.15) is 5.56 Å². The lowest BCUT2D eigenvalue weighted by Crippen LogP contribution is -2.19. The van der Waals surface area contributed by atoms with Crippen LogP contribution in [0.25, 0.3) is 10.9 Å². The van der Waals surface area contributed by atoms with Crippen LogP contribution in [-0.4, -0.2) is 15.6 Å². The highest BCUT2D eigenvalue weighted by Gasteiger charge is 2.30. The Morgan fingerprint density at radius 2 is 1.88 bits per heavy atom. The number of hydrogen-bond donors (Lipinski definition) is 1.